The smallest absolute Gasteiger partial charge is 0.271 e. The minimum Gasteiger partial charge on any atom is -0.383 e. The average Bonchev–Trinajstić information content (AvgIpc) is 2.92. The fraction of sp³-hybridized carbons (Fsp3) is 0.692. The zero-order valence-electron chi connectivity index (χ0n) is 13.1. The van der Waals surface area contributed by atoms with Crippen LogP contribution < -0.4 is 5.32 Å². The highest BCUT2D eigenvalue weighted by Crippen LogP contribution is 2.27. The molecule has 2 rings (SSSR count). The second-order valence-corrected chi connectivity index (χ2v) is 7.32. The highest BCUT2D eigenvalue weighted by Gasteiger charge is 2.33. The molecule has 1 aromatic heterocycles. The molecule has 0 bridgehead atoms. The molecule has 0 aliphatic carbocycles. The summed E-state index contributed by atoms with van der Waals surface area (Å²) in [5.74, 6) is 0.374. The highest BCUT2D eigenvalue weighted by molar-refractivity contribution is 7.89. The largest absolute Gasteiger partial charge is 0.383 e. The second-order valence-electron chi connectivity index (χ2n) is 5.11. The van der Waals surface area contributed by atoms with Crippen LogP contribution in [-0.2, 0) is 21.3 Å². The Balaban J connectivity index is 2.17. The Hall–Kier alpha value is -1.45. The van der Waals surface area contributed by atoms with Crippen LogP contribution in [0.2, 0.25) is 0 Å². The molecule has 1 atom stereocenters. The standard InChI is InChI=1S/C13H22N4O4S/c1-4-22(19,20)17-7-6-16-9-11(15-12(16)10(17)2)13(18)14-5-8-21-3/h9-10H,4-8H2,1-3H3,(H,14,18)/t10-/m1/s1. The van der Waals surface area contributed by atoms with Crippen LogP contribution in [0.15, 0.2) is 6.20 Å². The molecule has 0 spiro atoms. The van der Waals surface area contributed by atoms with Crippen molar-refractivity contribution in [3.63, 3.8) is 0 Å². The van der Waals surface area contributed by atoms with Crippen molar-refractivity contribution in [1.29, 1.82) is 0 Å². The highest BCUT2D eigenvalue weighted by atomic mass is 32.2. The van der Waals surface area contributed by atoms with E-state index >= 15 is 0 Å². The number of hydrogen-bond acceptors (Lipinski definition) is 5. The number of aromatic nitrogens is 2. The zero-order chi connectivity index (χ0) is 16.3. The maximum atomic E-state index is 12.1. The number of fused-ring (bicyclic) bond motifs is 1. The van der Waals surface area contributed by atoms with Crippen LogP contribution in [0.1, 0.15) is 36.2 Å². The van der Waals surface area contributed by atoms with E-state index in [0.29, 0.717) is 37.8 Å². The van der Waals surface area contributed by atoms with Gasteiger partial charge in [-0.15, -0.1) is 0 Å². The van der Waals surface area contributed by atoms with E-state index in [-0.39, 0.29) is 17.7 Å². The van der Waals surface area contributed by atoms with E-state index in [0.717, 1.165) is 0 Å². The number of carbonyl (C=O) groups excluding carboxylic acids is 1. The first kappa shape index (κ1) is 16.9. The molecular weight excluding hydrogens is 308 g/mol. The first-order valence-corrected chi connectivity index (χ1v) is 8.85. The second kappa shape index (κ2) is 6.76. The van der Waals surface area contributed by atoms with Crippen LogP contribution >= 0.6 is 0 Å². The van der Waals surface area contributed by atoms with Crippen LogP contribution in [0.4, 0.5) is 0 Å². The lowest BCUT2D eigenvalue weighted by Crippen LogP contribution is -2.41. The van der Waals surface area contributed by atoms with Gasteiger partial charge in [0.2, 0.25) is 10.0 Å². The van der Waals surface area contributed by atoms with Crippen molar-refractivity contribution < 1.29 is 17.9 Å². The Morgan fingerprint density at radius 3 is 2.86 bits per heavy atom. The van der Waals surface area contributed by atoms with Crippen LogP contribution in [-0.4, -0.2) is 60.7 Å². The lowest BCUT2D eigenvalue weighted by Gasteiger charge is -2.32. The van der Waals surface area contributed by atoms with Gasteiger partial charge in [0, 0.05) is 32.9 Å². The normalized spacial score (nSPS) is 19.0. The summed E-state index contributed by atoms with van der Waals surface area (Å²) in [6, 6.07) is -0.376. The zero-order valence-corrected chi connectivity index (χ0v) is 13.9. The minimum absolute atomic E-state index is 0.0579. The molecule has 0 aromatic carbocycles. The Morgan fingerprint density at radius 2 is 2.23 bits per heavy atom. The SMILES string of the molecule is CCS(=O)(=O)N1CCn2cc(C(=O)NCCOC)nc2[C@H]1C. The summed E-state index contributed by atoms with van der Waals surface area (Å²) in [7, 11) is -1.72. The summed E-state index contributed by atoms with van der Waals surface area (Å²) in [5.41, 5.74) is 0.300. The lowest BCUT2D eigenvalue weighted by atomic mass is 10.2. The molecule has 8 nitrogen and oxygen atoms in total. The Bertz CT molecular complexity index is 640. The summed E-state index contributed by atoms with van der Waals surface area (Å²) >= 11 is 0. The number of nitrogens with one attached hydrogen (secondary N) is 1. The molecule has 1 amide bonds. The van der Waals surface area contributed by atoms with Crippen molar-refractivity contribution in [3.8, 4) is 0 Å². The number of ether oxygens (including phenoxy) is 1. The predicted molar refractivity (Wildman–Crippen MR) is 81.0 cm³/mol. The monoisotopic (exact) mass is 330 g/mol. The van der Waals surface area contributed by atoms with Gasteiger partial charge in [0.15, 0.2) is 0 Å². The maximum Gasteiger partial charge on any atom is 0.271 e. The molecule has 0 unspecified atom stereocenters. The van der Waals surface area contributed by atoms with Gasteiger partial charge in [-0.3, -0.25) is 4.79 Å². The summed E-state index contributed by atoms with van der Waals surface area (Å²) in [6.45, 7) is 5.14. The molecule has 1 aromatic rings. The predicted octanol–water partition coefficient (Wildman–Crippen LogP) is -0.0144. The van der Waals surface area contributed by atoms with E-state index in [4.69, 9.17) is 4.74 Å². The van der Waals surface area contributed by atoms with Gasteiger partial charge < -0.3 is 14.6 Å². The molecule has 0 saturated carbocycles. The molecule has 0 fully saturated rings. The van der Waals surface area contributed by atoms with Gasteiger partial charge in [-0.2, -0.15) is 4.31 Å². The van der Waals surface area contributed by atoms with Crippen LogP contribution in [0.3, 0.4) is 0 Å². The van der Waals surface area contributed by atoms with E-state index in [9.17, 15) is 13.2 Å². The number of amides is 1. The first-order chi connectivity index (χ1) is 10.4. The fourth-order valence-corrected chi connectivity index (χ4v) is 3.75. The van der Waals surface area contributed by atoms with E-state index in [1.165, 1.54) is 4.31 Å². The van der Waals surface area contributed by atoms with Gasteiger partial charge >= 0.3 is 0 Å². The van der Waals surface area contributed by atoms with Crippen LogP contribution in [0, 0.1) is 0 Å². The van der Waals surface area contributed by atoms with E-state index in [2.05, 4.69) is 10.3 Å². The minimum atomic E-state index is -3.28. The summed E-state index contributed by atoms with van der Waals surface area (Å²) in [5, 5.41) is 2.70. The molecule has 0 saturated heterocycles. The quantitative estimate of drug-likeness (QED) is 0.740. The molecule has 2 heterocycles. The Kier molecular flexibility index (Phi) is 5.20. The number of imidazole rings is 1. The number of hydrogen-bond donors (Lipinski definition) is 1. The van der Waals surface area contributed by atoms with Crippen molar-refractivity contribution in [2.24, 2.45) is 0 Å². The van der Waals surface area contributed by atoms with Crippen molar-refractivity contribution in [3.05, 3.63) is 17.7 Å². The molecule has 1 aliphatic heterocycles. The fourth-order valence-electron chi connectivity index (χ4n) is 2.48. The molecule has 9 heteroatoms. The number of carbonyl (C=O) groups is 1. The summed E-state index contributed by atoms with van der Waals surface area (Å²) in [6.07, 6.45) is 1.67. The van der Waals surface area contributed by atoms with Crippen molar-refractivity contribution in [2.45, 2.75) is 26.4 Å². The third kappa shape index (κ3) is 3.31. The lowest BCUT2D eigenvalue weighted by molar-refractivity contribution is 0.0932. The van der Waals surface area contributed by atoms with E-state index in [1.807, 2.05) is 4.57 Å². The van der Waals surface area contributed by atoms with Gasteiger partial charge in [-0.1, -0.05) is 0 Å². The van der Waals surface area contributed by atoms with Gasteiger partial charge in [-0.05, 0) is 13.8 Å². The van der Waals surface area contributed by atoms with Gasteiger partial charge in [-0.25, -0.2) is 13.4 Å². The maximum absolute atomic E-state index is 12.1. The third-order valence-corrected chi connectivity index (χ3v) is 5.66. The average molecular weight is 330 g/mol. The van der Waals surface area contributed by atoms with E-state index < -0.39 is 10.0 Å². The van der Waals surface area contributed by atoms with Gasteiger partial charge in [0.05, 0.1) is 18.4 Å². The van der Waals surface area contributed by atoms with Crippen LogP contribution in [0.5, 0.6) is 0 Å². The van der Waals surface area contributed by atoms with Crippen molar-refractivity contribution >= 4 is 15.9 Å². The van der Waals surface area contributed by atoms with E-state index in [1.54, 1.807) is 27.2 Å². The molecular formula is C13H22N4O4S. The number of rotatable bonds is 6. The summed E-state index contributed by atoms with van der Waals surface area (Å²) < 4.78 is 32.3. The number of methoxy groups -OCH3 is 1. The topological polar surface area (TPSA) is 93.5 Å². The Morgan fingerprint density at radius 1 is 1.50 bits per heavy atom. The first-order valence-electron chi connectivity index (χ1n) is 7.24. The number of sulfonamides is 1. The molecule has 1 N–H and O–H groups in total. The van der Waals surface area contributed by atoms with Crippen molar-refractivity contribution in [2.75, 3.05) is 32.6 Å². The number of nitrogens with zero attached hydrogens (tertiary/aromatic N) is 3. The van der Waals surface area contributed by atoms with Crippen LogP contribution in [0.25, 0.3) is 0 Å². The molecule has 22 heavy (non-hydrogen) atoms. The molecule has 0 radical (unpaired) electrons. The Labute approximate surface area is 130 Å². The molecule has 1 aliphatic rings. The van der Waals surface area contributed by atoms with Gasteiger partial charge in [0.25, 0.3) is 5.91 Å². The summed E-state index contributed by atoms with van der Waals surface area (Å²) in [4.78, 5) is 16.3. The molecule has 124 valence electrons. The third-order valence-electron chi connectivity index (χ3n) is 3.72. The van der Waals surface area contributed by atoms with Crippen molar-refractivity contribution in [1.82, 2.24) is 19.2 Å². The van der Waals surface area contributed by atoms with Gasteiger partial charge in [0.1, 0.15) is 11.5 Å².